The fraction of sp³-hybridized carbons (Fsp3) is 0.172. The molecule has 0 saturated heterocycles. The molecule has 0 fully saturated rings. The Bertz CT molecular complexity index is 1600. The van der Waals surface area contributed by atoms with Gasteiger partial charge >= 0.3 is 0 Å². The molecule has 0 aliphatic rings. The van der Waals surface area contributed by atoms with Crippen LogP contribution < -0.4 is 5.43 Å². The van der Waals surface area contributed by atoms with Crippen LogP contribution in [-0.4, -0.2) is 42.3 Å². The van der Waals surface area contributed by atoms with Gasteiger partial charge < -0.3 is 14.2 Å². The van der Waals surface area contributed by atoms with Gasteiger partial charge in [0.05, 0.1) is 12.0 Å². The van der Waals surface area contributed by atoms with Crippen molar-refractivity contribution < 1.29 is 9.90 Å². The topological polar surface area (TPSA) is 97.3 Å². The van der Waals surface area contributed by atoms with Gasteiger partial charge in [-0.2, -0.15) is 5.10 Å². The second-order valence-corrected chi connectivity index (χ2v) is 9.96. The Kier molecular flexibility index (Phi) is 7.55. The molecule has 0 unspecified atom stereocenters. The number of phenols is 1. The zero-order valence-electron chi connectivity index (χ0n) is 21.0. The van der Waals surface area contributed by atoms with Crippen LogP contribution in [-0.2, 0) is 24.3 Å². The second kappa shape index (κ2) is 11.4. The minimum atomic E-state index is -0.279. The van der Waals surface area contributed by atoms with Gasteiger partial charge in [-0.3, -0.25) is 4.79 Å². The Hall–Kier alpha value is -4.37. The minimum absolute atomic E-state index is 0.0983. The largest absolute Gasteiger partial charge is 0.507 e. The third-order valence-electron chi connectivity index (χ3n) is 6.12. The van der Waals surface area contributed by atoms with Crippen LogP contribution >= 0.6 is 11.8 Å². The number of fused-ring (bicyclic) bond motifs is 3. The minimum Gasteiger partial charge on any atom is -0.507 e. The van der Waals surface area contributed by atoms with Crippen LogP contribution in [0.3, 0.4) is 0 Å². The third-order valence-corrected chi connectivity index (χ3v) is 7.09. The molecule has 0 aliphatic carbocycles. The highest BCUT2D eigenvalue weighted by atomic mass is 32.2. The molecule has 192 valence electrons. The van der Waals surface area contributed by atoms with Crippen LogP contribution in [0.1, 0.15) is 18.3 Å². The van der Waals surface area contributed by atoms with Crippen LogP contribution in [0.5, 0.6) is 5.75 Å². The number of thioether (sulfide) groups is 1. The van der Waals surface area contributed by atoms with Gasteiger partial charge in [0.2, 0.25) is 0 Å². The maximum absolute atomic E-state index is 12.4. The van der Waals surface area contributed by atoms with Gasteiger partial charge in [0.25, 0.3) is 5.91 Å². The molecule has 5 rings (SSSR count). The summed E-state index contributed by atoms with van der Waals surface area (Å²) in [5, 5.41) is 25.7. The summed E-state index contributed by atoms with van der Waals surface area (Å²) in [6, 6.07) is 23.7. The Labute approximate surface area is 224 Å². The van der Waals surface area contributed by atoms with E-state index in [4.69, 9.17) is 0 Å². The molecule has 2 aromatic heterocycles. The van der Waals surface area contributed by atoms with Gasteiger partial charge in [-0.15, -0.1) is 10.2 Å². The molecule has 0 aliphatic heterocycles. The number of para-hydroxylation sites is 3. The van der Waals surface area contributed by atoms with Crippen molar-refractivity contribution in [1.29, 1.82) is 0 Å². The first-order chi connectivity index (χ1) is 18.5. The highest BCUT2D eigenvalue weighted by molar-refractivity contribution is 7.99. The van der Waals surface area contributed by atoms with E-state index in [1.165, 1.54) is 39.8 Å². The second-order valence-electron chi connectivity index (χ2n) is 9.02. The number of hydrogen-bond donors (Lipinski definition) is 2. The smallest absolute Gasteiger partial charge is 0.250 e. The van der Waals surface area contributed by atoms with Gasteiger partial charge in [0, 0.05) is 46.9 Å². The van der Waals surface area contributed by atoms with E-state index in [1.807, 2.05) is 11.5 Å². The maximum atomic E-state index is 12.4. The summed E-state index contributed by atoms with van der Waals surface area (Å²) >= 11 is 1.30. The molecule has 0 spiro atoms. The fourth-order valence-corrected chi connectivity index (χ4v) is 5.18. The van der Waals surface area contributed by atoms with Crippen molar-refractivity contribution in [2.75, 3.05) is 5.75 Å². The number of hydrazone groups is 1. The number of carbonyl (C=O) groups excluding carboxylic acids is 1. The number of benzene rings is 3. The highest BCUT2D eigenvalue weighted by Crippen LogP contribution is 2.29. The molecule has 38 heavy (non-hydrogen) atoms. The van der Waals surface area contributed by atoms with E-state index in [-0.39, 0.29) is 17.4 Å². The van der Waals surface area contributed by atoms with E-state index < -0.39 is 0 Å². The van der Waals surface area contributed by atoms with E-state index in [0.717, 1.165) is 17.9 Å². The normalized spacial score (nSPS) is 11.5. The molecule has 3 aromatic carbocycles. The van der Waals surface area contributed by atoms with Crippen molar-refractivity contribution in [3.05, 3.63) is 96.3 Å². The molecule has 0 bridgehead atoms. The van der Waals surface area contributed by atoms with Crippen LogP contribution in [0.4, 0.5) is 0 Å². The molecular weight excluding hydrogens is 496 g/mol. The summed E-state index contributed by atoms with van der Waals surface area (Å²) in [5.41, 5.74) is 6.37. The maximum Gasteiger partial charge on any atom is 0.250 e. The molecular formula is C29H28N6O2S. The average Bonchev–Trinajstić information content (AvgIpc) is 3.45. The average molecular weight is 525 g/mol. The number of nitrogens with one attached hydrogen (secondary N) is 1. The number of aromatic nitrogens is 4. The Morgan fingerprint density at radius 3 is 2.34 bits per heavy atom. The van der Waals surface area contributed by atoms with E-state index in [2.05, 4.69) is 80.4 Å². The van der Waals surface area contributed by atoms with Gasteiger partial charge in [-0.25, -0.2) is 5.43 Å². The molecule has 0 radical (unpaired) electrons. The molecule has 2 N–H and O–H groups in total. The predicted octanol–water partition coefficient (Wildman–Crippen LogP) is 5.15. The summed E-state index contributed by atoms with van der Waals surface area (Å²) < 4.78 is 4.35. The lowest BCUT2D eigenvalue weighted by atomic mass is 10.2. The van der Waals surface area contributed by atoms with E-state index in [0.29, 0.717) is 23.7 Å². The van der Waals surface area contributed by atoms with Gasteiger partial charge in [0.15, 0.2) is 5.16 Å². The van der Waals surface area contributed by atoms with Crippen molar-refractivity contribution in [2.24, 2.45) is 5.10 Å². The van der Waals surface area contributed by atoms with E-state index in [1.54, 1.807) is 24.3 Å². The molecule has 0 saturated carbocycles. The number of hydrogen-bond acceptors (Lipinski definition) is 6. The summed E-state index contributed by atoms with van der Waals surface area (Å²) in [5.74, 6) is 0.786. The molecule has 2 heterocycles. The zero-order chi connectivity index (χ0) is 26.5. The van der Waals surface area contributed by atoms with Gasteiger partial charge in [-0.05, 0) is 31.2 Å². The highest BCUT2D eigenvalue weighted by Gasteiger charge is 2.16. The first kappa shape index (κ1) is 25.3. The number of amides is 1. The first-order valence-corrected chi connectivity index (χ1v) is 13.2. The number of nitrogens with zero attached hydrogens (tertiary/aromatic N) is 5. The number of aryl methyl sites for hydroxylation is 2. The van der Waals surface area contributed by atoms with Crippen molar-refractivity contribution in [2.45, 2.75) is 31.6 Å². The zero-order valence-corrected chi connectivity index (χ0v) is 21.9. The number of allylic oxidation sites excluding steroid dienone is 1. The fourth-order valence-electron chi connectivity index (χ4n) is 4.43. The molecule has 0 atom stereocenters. The third kappa shape index (κ3) is 5.47. The molecule has 9 heteroatoms. The Balaban J connectivity index is 1.29. The Morgan fingerprint density at radius 1 is 1.00 bits per heavy atom. The Morgan fingerprint density at radius 2 is 1.66 bits per heavy atom. The van der Waals surface area contributed by atoms with Crippen molar-refractivity contribution >= 4 is 45.7 Å². The van der Waals surface area contributed by atoms with Crippen LogP contribution in [0.25, 0.3) is 21.8 Å². The van der Waals surface area contributed by atoms with E-state index in [9.17, 15) is 9.90 Å². The number of rotatable bonds is 10. The van der Waals surface area contributed by atoms with Crippen molar-refractivity contribution in [3.63, 3.8) is 0 Å². The lowest BCUT2D eigenvalue weighted by molar-refractivity contribution is -0.118. The number of phenolic OH excluding ortho intramolecular Hbond substituents is 1. The lowest BCUT2D eigenvalue weighted by Gasteiger charge is -2.11. The lowest BCUT2D eigenvalue weighted by Crippen LogP contribution is -2.20. The van der Waals surface area contributed by atoms with Crippen LogP contribution in [0.15, 0.2) is 95.2 Å². The molecule has 5 aromatic rings. The van der Waals surface area contributed by atoms with Crippen LogP contribution in [0.2, 0.25) is 0 Å². The SMILES string of the molecule is C=C(C)Cn1c(CCn2c3ccccc3c3ccccc32)nnc1SCC(=O)N/N=C/c1ccccc1O. The van der Waals surface area contributed by atoms with Crippen molar-refractivity contribution in [3.8, 4) is 5.75 Å². The summed E-state index contributed by atoms with van der Waals surface area (Å²) in [6.45, 7) is 7.35. The van der Waals surface area contributed by atoms with E-state index >= 15 is 0 Å². The molecule has 1 amide bonds. The van der Waals surface area contributed by atoms with Crippen LogP contribution in [0, 0.1) is 0 Å². The van der Waals surface area contributed by atoms with Gasteiger partial charge in [0.1, 0.15) is 11.6 Å². The summed E-state index contributed by atoms with van der Waals surface area (Å²) in [7, 11) is 0. The quantitative estimate of drug-likeness (QED) is 0.114. The monoisotopic (exact) mass is 524 g/mol. The van der Waals surface area contributed by atoms with Gasteiger partial charge in [-0.1, -0.05) is 72.4 Å². The summed E-state index contributed by atoms with van der Waals surface area (Å²) in [4.78, 5) is 12.4. The number of aromatic hydroxyl groups is 1. The number of carbonyl (C=O) groups is 1. The van der Waals surface area contributed by atoms with Crippen molar-refractivity contribution in [1.82, 2.24) is 24.8 Å². The first-order valence-electron chi connectivity index (χ1n) is 12.3. The summed E-state index contributed by atoms with van der Waals surface area (Å²) in [6.07, 6.45) is 2.09. The standard InChI is InChI=1S/C29H28N6O2S/c1-20(2)18-35-27(15-16-34-24-12-6-4-10-22(24)23-11-5-7-13-25(23)34)31-33-29(35)38-19-28(37)32-30-17-21-9-3-8-14-26(21)36/h3-14,17,36H,1,15-16,18-19H2,2H3,(H,32,37)/b30-17+. The predicted molar refractivity (Wildman–Crippen MR) is 153 cm³/mol. The molecule has 8 nitrogen and oxygen atoms in total.